The summed E-state index contributed by atoms with van der Waals surface area (Å²) in [6.07, 6.45) is 1.86. The van der Waals surface area contributed by atoms with Crippen LogP contribution in [0.5, 0.6) is 5.75 Å². The van der Waals surface area contributed by atoms with Gasteiger partial charge in [-0.25, -0.2) is 9.67 Å². The highest BCUT2D eigenvalue weighted by atomic mass is 16.5. The molecule has 0 spiro atoms. The van der Waals surface area contributed by atoms with Crippen molar-refractivity contribution < 1.29 is 24.2 Å². The Morgan fingerprint density at radius 1 is 1.23 bits per heavy atom. The molecule has 5 rings (SSSR count). The summed E-state index contributed by atoms with van der Waals surface area (Å²) in [7, 11) is 1.72. The lowest BCUT2D eigenvalue weighted by molar-refractivity contribution is -0.140. The highest BCUT2D eigenvalue weighted by molar-refractivity contribution is 5.95. The largest absolute Gasteiger partial charge is 0.491 e. The van der Waals surface area contributed by atoms with Crippen molar-refractivity contribution in [3.8, 4) is 17.6 Å². The van der Waals surface area contributed by atoms with Gasteiger partial charge in [-0.1, -0.05) is 42.2 Å². The van der Waals surface area contributed by atoms with Crippen LogP contribution in [0.25, 0.3) is 0 Å². The predicted molar refractivity (Wildman–Crippen MR) is 127 cm³/mol. The Labute approximate surface area is 202 Å². The highest BCUT2D eigenvalue weighted by Gasteiger charge is 2.33. The van der Waals surface area contributed by atoms with E-state index in [1.165, 1.54) is 6.33 Å². The number of ether oxygens (including phenoxy) is 2. The minimum absolute atomic E-state index is 0.0138. The summed E-state index contributed by atoms with van der Waals surface area (Å²) in [6, 6.07) is 15.2. The van der Waals surface area contributed by atoms with Crippen molar-refractivity contribution in [2.24, 2.45) is 5.73 Å². The summed E-state index contributed by atoms with van der Waals surface area (Å²) < 4.78 is 12.1. The van der Waals surface area contributed by atoms with Crippen LogP contribution in [0, 0.1) is 11.8 Å². The maximum Gasteiger partial charge on any atom is 0.288 e. The van der Waals surface area contributed by atoms with Gasteiger partial charge in [-0.3, -0.25) is 9.59 Å². The molecule has 3 N–H and O–H groups in total. The summed E-state index contributed by atoms with van der Waals surface area (Å²) >= 11 is 0. The number of hydrogen-bond acceptors (Lipinski definition) is 7. The molecule has 2 amide bonds. The first-order valence-corrected chi connectivity index (χ1v) is 10.9. The molecule has 0 bridgehead atoms. The van der Waals surface area contributed by atoms with E-state index < -0.39 is 11.5 Å². The van der Waals surface area contributed by atoms with Crippen LogP contribution in [0.1, 0.15) is 28.2 Å². The number of nitrogens with two attached hydrogens (primary N) is 1. The van der Waals surface area contributed by atoms with Crippen molar-refractivity contribution in [1.29, 1.82) is 0 Å². The van der Waals surface area contributed by atoms with E-state index in [0.29, 0.717) is 31.0 Å². The number of nitrogens with zero attached hydrogens (tertiary/aromatic N) is 4. The molecule has 35 heavy (non-hydrogen) atoms. The SMILES string of the molecule is CN1C(=O)CCOc2ccc(C#CC3(O)COC3)cc21.NC(=O)c1ncn(Cc2ccccc2)n1. The smallest absolute Gasteiger partial charge is 0.288 e. The fourth-order valence-corrected chi connectivity index (χ4v) is 3.34. The molecule has 2 aliphatic heterocycles. The summed E-state index contributed by atoms with van der Waals surface area (Å²) in [5.41, 5.74) is 6.54. The van der Waals surface area contributed by atoms with Crippen molar-refractivity contribution in [3.05, 3.63) is 71.8 Å². The number of carbonyl (C=O) groups excluding carboxylic acids is 2. The van der Waals surface area contributed by atoms with Crippen LogP contribution in [0.4, 0.5) is 5.69 Å². The molecule has 10 heteroatoms. The molecule has 2 aliphatic rings. The molecule has 0 aliphatic carbocycles. The minimum atomic E-state index is -1.04. The first kappa shape index (κ1) is 23.9. The van der Waals surface area contributed by atoms with Gasteiger partial charge in [0.2, 0.25) is 11.7 Å². The van der Waals surface area contributed by atoms with Gasteiger partial charge in [0, 0.05) is 12.6 Å². The Balaban J connectivity index is 0.000000172. The number of anilines is 1. The second kappa shape index (κ2) is 10.4. The Kier molecular flexibility index (Phi) is 7.10. The second-order valence-corrected chi connectivity index (χ2v) is 8.12. The number of rotatable bonds is 3. The van der Waals surface area contributed by atoms with Gasteiger partial charge in [0.15, 0.2) is 5.60 Å². The van der Waals surface area contributed by atoms with Gasteiger partial charge in [0.25, 0.3) is 5.91 Å². The Morgan fingerprint density at radius 2 is 2.00 bits per heavy atom. The van der Waals surface area contributed by atoms with Crippen LogP contribution in [0.3, 0.4) is 0 Å². The molecule has 1 saturated heterocycles. The number of aromatic nitrogens is 3. The number of aliphatic hydroxyl groups is 1. The first-order valence-electron chi connectivity index (χ1n) is 10.9. The van der Waals surface area contributed by atoms with Gasteiger partial charge in [-0.05, 0) is 23.8 Å². The van der Waals surface area contributed by atoms with Crippen LogP contribution in [0.15, 0.2) is 54.9 Å². The molecule has 180 valence electrons. The lowest BCUT2D eigenvalue weighted by Crippen LogP contribution is -2.48. The van der Waals surface area contributed by atoms with Crippen molar-refractivity contribution >= 4 is 17.5 Å². The van der Waals surface area contributed by atoms with E-state index in [1.807, 2.05) is 36.4 Å². The monoisotopic (exact) mass is 475 g/mol. The van der Waals surface area contributed by atoms with E-state index in [2.05, 4.69) is 21.9 Å². The minimum Gasteiger partial charge on any atom is -0.491 e. The lowest BCUT2D eigenvalue weighted by atomic mass is 10.0. The molecule has 0 atom stereocenters. The van der Waals surface area contributed by atoms with Crippen LogP contribution in [0.2, 0.25) is 0 Å². The van der Waals surface area contributed by atoms with Crippen molar-refractivity contribution in [2.45, 2.75) is 18.6 Å². The molecule has 10 nitrogen and oxygen atoms in total. The van der Waals surface area contributed by atoms with E-state index in [4.69, 9.17) is 15.2 Å². The highest BCUT2D eigenvalue weighted by Crippen LogP contribution is 2.31. The zero-order valence-electron chi connectivity index (χ0n) is 19.2. The average molecular weight is 476 g/mol. The van der Waals surface area contributed by atoms with Crippen LogP contribution in [-0.2, 0) is 16.1 Å². The third-order valence-electron chi connectivity index (χ3n) is 5.33. The standard InChI is InChI=1S/C15H15NO4.C10H10N4O/c1-16-12-8-11(4-6-15(18)9-19-10-15)2-3-13(12)20-7-5-14(16)17;11-9(15)10-12-7-14(13-10)6-8-4-2-1-3-5-8/h2-3,8,18H,5,7,9-10H2,1H3;1-5,7H,6H2,(H2,11,15). The molecule has 3 aromatic rings. The van der Waals surface area contributed by atoms with E-state index in [0.717, 1.165) is 11.1 Å². The topological polar surface area (TPSA) is 133 Å². The Bertz CT molecular complexity index is 1270. The van der Waals surface area contributed by atoms with Gasteiger partial charge in [0.1, 0.15) is 12.1 Å². The molecule has 0 unspecified atom stereocenters. The number of fused-ring (bicyclic) bond motifs is 1. The number of hydrogen-bond donors (Lipinski definition) is 2. The van der Waals surface area contributed by atoms with Crippen LogP contribution < -0.4 is 15.4 Å². The average Bonchev–Trinajstić information content (AvgIpc) is 3.26. The molecule has 3 heterocycles. The normalized spacial score (nSPS) is 15.7. The fourth-order valence-electron chi connectivity index (χ4n) is 3.34. The number of primary amides is 1. The molecule has 0 saturated carbocycles. The third-order valence-corrected chi connectivity index (χ3v) is 5.33. The Morgan fingerprint density at radius 3 is 2.66 bits per heavy atom. The van der Waals surface area contributed by atoms with E-state index in [9.17, 15) is 14.7 Å². The Hall–Kier alpha value is -4.20. The second-order valence-electron chi connectivity index (χ2n) is 8.12. The molecule has 2 aromatic carbocycles. The maximum absolute atomic E-state index is 11.8. The zero-order valence-corrected chi connectivity index (χ0v) is 19.2. The van der Waals surface area contributed by atoms with Crippen molar-refractivity contribution in [3.63, 3.8) is 0 Å². The van der Waals surface area contributed by atoms with Gasteiger partial charge >= 0.3 is 0 Å². The number of carbonyl (C=O) groups is 2. The zero-order chi connectivity index (χ0) is 24.8. The molecule has 0 radical (unpaired) electrons. The first-order chi connectivity index (χ1) is 16.8. The quantitative estimate of drug-likeness (QED) is 0.540. The van der Waals surface area contributed by atoms with E-state index >= 15 is 0 Å². The molecule has 1 fully saturated rings. The third kappa shape index (κ3) is 6.03. The summed E-state index contributed by atoms with van der Waals surface area (Å²) in [5.74, 6) is 5.84. The van der Waals surface area contributed by atoms with Crippen molar-refractivity contribution in [2.75, 3.05) is 31.8 Å². The summed E-state index contributed by atoms with van der Waals surface area (Å²) in [4.78, 5) is 27.9. The summed E-state index contributed by atoms with van der Waals surface area (Å²) in [6.45, 7) is 1.46. The van der Waals surface area contributed by atoms with E-state index in [1.54, 1.807) is 28.8 Å². The maximum atomic E-state index is 11.8. The van der Waals surface area contributed by atoms with Gasteiger partial charge < -0.3 is 25.2 Å². The lowest BCUT2D eigenvalue weighted by Gasteiger charge is -2.30. The van der Waals surface area contributed by atoms with Gasteiger partial charge in [-0.2, -0.15) is 0 Å². The van der Waals surface area contributed by atoms with Gasteiger partial charge in [0.05, 0.1) is 38.5 Å². The molecular weight excluding hydrogens is 450 g/mol. The molecular formula is C25H25N5O5. The fraction of sp³-hybridized carbons (Fsp3) is 0.280. The van der Waals surface area contributed by atoms with Crippen LogP contribution >= 0.6 is 0 Å². The van der Waals surface area contributed by atoms with Crippen LogP contribution in [-0.4, -0.2) is 64.2 Å². The predicted octanol–water partition coefficient (Wildman–Crippen LogP) is 0.970. The number of benzene rings is 2. The number of amides is 2. The summed E-state index contributed by atoms with van der Waals surface area (Å²) in [5, 5.41) is 13.8. The molecule has 1 aromatic heterocycles. The van der Waals surface area contributed by atoms with E-state index in [-0.39, 0.29) is 24.9 Å². The van der Waals surface area contributed by atoms with Crippen molar-refractivity contribution in [1.82, 2.24) is 14.8 Å². The van der Waals surface area contributed by atoms with Gasteiger partial charge in [-0.15, -0.1) is 5.10 Å².